The van der Waals surface area contributed by atoms with Crippen molar-refractivity contribution in [3.05, 3.63) is 22.4 Å². The van der Waals surface area contributed by atoms with E-state index in [1.165, 1.54) is 13.2 Å². The van der Waals surface area contributed by atoms with E-state index in [2.05, 4.69) is 20.7 Å². The molecule has 1 rings (SSSR count). The number of rotatable bonds is 4. The zero-order chi connectivity index (χ0) is 12.3. The van der Waals surface area contributed by atoms with E-state index in [4.69, 9.17) is 4.74 Å². The molecule has 0 unspecified atom stereocenters. The summed E-state index contributed by atoms with van der Waals surface area (Å²) in [5.74, 6) is -0.832. The van der Waals surface area contributed by atoms with Crippen molar-refractivity contribution in [3.8, 4) is 5.75 Å². The van der Waals surface area contributed by atoms with Crippen LogP contribution in [0.2, 0.25) is 0 Å². The van der Waals surface area contributed by atoms with Gasteiger partial charge in [0.15, 0.2) is 28.2 Å². The number of methoxy groups -OCH3 is 1. The number of halogens is 2. The molecule has 0 spiro atoms. The van der Waals surface area contributed by atoms with Crippen LogP contribution in [0.5, 0.6) is 5.75 Å². The van der Waals surface area contributed by atoms with Crippen LogP contribution in [-0.2, 0) is 14.6 Å². The summed E-state index contributed by atoms with van der Waals surface area (Å²) in [4.78, 5) is -0.110. The molecule has 16 heavy (non-hydrogen) atoms. The largest absolute Gasteiger partial charge is 0.463 e. The summed E-state index contributed by atoms with van der Waals surface area (Å²) in [6.45, 7) is -0.117. The molecule has 1 aromatic carbocycles. The minimum atomic E-state index is -3.44. The minimum absolute atomic E-state index is 0.0748. The van der Waals surface area contributed by atoms with Gasteiger partial charge in [-0.2, -0.15) is 0 Å². The van der Waals surface area contributed by atoms with Gasteiger partial charge in [0.25, 0.3) is 0 Å². The third kappa shape index (κ3) is 3.16. The Labute approximate surface area is 101 Å². The van der Waals surface area contributed by atoms with Crippen molar-refractivity contribution in [2.24, 2.45) is 0 Å². The van der Waals surface area contributed by atoms with E-state index >= 15 is 0 Å². The van der Waals surface area contributed by atoms with Crippen molar-refractivity contribution in [2.45, 2.75) is 4.90 Å². The highest BCUT2D eigenvalue weighted by atomic mass is 79.9. The lowest BCUT2D eigenvalue weighted by molar-refractivity contribution is 0.0476. The fraction of sp³-hybridized carbons (Fsp3) is 0.333. The highest BCUT2D eigenvalue weighted by molar-refractivity contribution is 9.10. The maximum absolute atomic E-state index is 13.5. The van der Waals surface area contributed by atoms with Gasteiger partial charge in [-0.25, -0.2) is 12.8 Å². The SMILES string of the molecule is COCOc1c(F)cc(S(C)(=O)=O)cc1Br. The first-order chi connectivity index (χ1) is 7.36. The third-order valence-corrected chi connectivity index (χ3v) is 3.40. The van der Waals surface area contributed by atoms with E-state index < -0.39 is 15.7 Å². The van der Waals surface area contributed by atoms with Gasteiger partial charge in [-0.1, -0.05) is 0 Å². The molecule has 0 amide bonds. The summed E-state index contributed by atoms with van der Waals surface area (Å²) >= 11 is 3.04. The Morgan fingerprint density at radius 2 is 2.06 bits per heavy atom. The molecule has 0 saturated carbocycles. The molecule has 7 heteroatoms. The van der Waals surface area contributed by atoms with Gasteiger partial charge in [-0.05, 0) is 28.1 Å². The van der Waals surface area contributed by atoms with E-state index in [0.717, 1.165) is 12.3 Å². The molecule has 0 aromatic heterocycles. The Bertz CT molecular complexity index is 463. The van der Waals surface area contributed by atoms with Crippen molar-refractivity contribution in [2.75, 3.05) is 20.2 Å². The van der Waals surface area contributed by atoms with Crippen LogP contribution in [0, 0.1) is 5.82 Å². The number of hydrogen-bond acceptors (Lipinski definition) is 4. The van der Waals surface area contributed by atoms with E-state index in [0.29, 0.717) is 0 Å². The van der Waals surface area contributed by atoms with Crippen LogP contribution in [-0.4, -0.2) is 28.6 Å². The van der Waals surface area contributed by atoms with Crippen LogP contribution in [0.3, 0.4) is 0 Å². The van der Waals surface area contributed by atoms with Gasteiger partial charge in [0.05, 0.1) is 9.37 Å². The van der Waals surface area contributed by atoms with Crippen LogP contribution in [0.1, 0.15) is 0 Å². The van der Waals surface area contributed by atoms with Gasteiger partial charge in [0, 0.05) is 13.4 Å². The van der Waals surface area contributed by atoms with Gasteiger partial charge in [-0.15, -0.1) is 0 Å². The molecule has 0 N–H and O–H groups in total. The highest BCUT2D eigenvalue weighted by Crippen LogP contribution is 2.31. The molecule has 0 saturated heterocycles. The van der Waals surface area contributed by atoms with Gasteiger partial charge >= 0.3 is 0 Å². The molecule has 0 radical (unpaired) electrons. The Hall–Kier alpha value is -0.660. The van der Waals surface area contributed by atoms with E-state index in [1.807, 2.05) is 0 Å². The molecule has 0 heterocycles. The predicted molar refractivity (Wildman–Crippen MR) is 59.7 cm³/mol. The lowest BCUT2D eigenvalue weighted by Crippen LogP contribution is -2.04. The van der Waals surface area contributed by atoms with Crippen LogP contribution in [0.15, 0.2) is 21.5 Å². The summed E-state index contributed by atoms with van der Waals surface area (Å²) in [6.07, 6.45) is 1.00. The molecule has 90 valence electrons. The summed E-state index contributed by atoms with van der Waals surface area (Å²) < 4.78 is 45.7. The summed E-state index contributed by atoms with van der Waals surface area (Å²) in [6, 6.07) is 2.19. The first-order valence-electron chi connectivity index (χ1n) is 4.17. The fourth-order valence-corrected chi connectivity index (χ4v) is 2.36. The average Bonchev–Trinajstić information content (AvgIpc) is 2.15. The van der Waals surface area contributed by atoms with Gasteiger partial charge < -0.3 is 9.47 Å². The van der Waals surface area contributed by atoms with Crippen molar-refractivity contribution >= 4 is 25.8 Å². The van der Waals surface area contributed by atoms with Crippen LogP contribution < -0.4 is 4.74 Å². The van der Waals surface area contributed by atoms with Crippen LogP contribution in [0.4, 0.5) is 4.39 Å². The second-order valence-corrected chi connectivity index (χ2v) is 5.91. The Morgan fingerprint density at radius 1 is 1.44 bits per heavy atom. The standard InChI is InChI=1S/C9H10BrFO4S/c1-14-5-15-9-7(10)3-6(4-8(9)11)16(2,12)13/h3-4H,5H2,1-2H3. The van der Waals surface area contributed by atoms with Crippen molar-refractivity contribution in [1.29, 1.82) is 0 Å². The average molecular weight is 313 g/mol. The first kappa shape index (κ1) is 13.4. The third-order valence-electron chi connectivity index (χ3n) is 1.72. The highest BCUT2D eigenvalue weighted by Gasteiger charge is 2.15. The summed E-state index contributed by atoms with van der Waals surface area (Å²) in [5, 5.41) is 0. The van der Waals surface area contributed by atoms with Crippen LogP contribution >= 0.6 is 15.9 Å². The Balaban J connectivity index is 3.18. The molecule has 0 atom stereocenters. The molecule has 0 aliphatic rings. The molecule has 4 nitrogen and oxygen atoms in total. The summed E-state index contributed by atoms with van der Waals surface area (Å²) in [7, 11) is -2.04. The van der Waals surface area contributed by atoms with Gasteiger partial charge in [0.1, 0.15) is 0 Å². The number of sulfone groups is 1. The zero-order valence-corrected chi connectivity index (χ0v) is 11.1. The monoisotopic (exact) mass is 312 g/mol. The fourth-order valence-electron chi connectivity index (χ4n) is 1.01. The minimum Gasteiger partial charge on any atom is -0.463 e. The molecule has 0 aliphatic heterocycles. The molecule has 0 fully saturated rings. The maximum atomic E-state index is 13.5. The number of hydrogen-bond donors (Lipinski definition) is 0. The quantitative estimate of drug-likeness (QED) is 0.798. The molecule has 1 aromatic rings. The topological polar surface area (TPSA) is 52.6 Å². The first-order valence-corrected chi connectivity index (χ1v) is 6.85. The van der Waals surface area contributed by atoms with E-state index in [1.54, 1.807) is 0 Å². The second kappa shape index (κ2) is 5.11. The number of ether oxygens (including phenoxy) is 2. The van der Waals surface area contributed by atoms with E-state index in [-0.39, 0.29) is 21.9 Å². The predicted octanol–water partition coefficient (Wildman–Crippen LogP) is 1.97. The smallest absolute Gasteiger partial charge is 0.188 e. The molecular weight excluding hydrogens is 303 g/mol. The van der Waals surface area contributed by atoms with Crippen molar-refractivity contribution in [3.63, 3.8) is 0 Å². The van der Waals surface area contributed by atoms with Crippen LogP contribution in [0.25, 0.3) is 0 Å². The van der Waals surface area contributed by atoms with E-state index in [9.17, 15) is 12.8 Å². The zero-order valence-electron chi connectivity index (χ0n) is 8.66. The van der Waals surface area contributed by atoms with Crippen molar-refractivity contribution in [1.82, 2.24) is 0 Å². The molecular formula is C9H10BrFO4S. The van der Waals surface area contributed by atoms with Gasteiger partial charge in [0.2, 0.25) is 0 Å². The van der Waals surface area contributed by atoms with Gasteiger partial charge in [-0.3, -0.25) is 0 Å². The normalized spacial score (nSPS) is 11.5. The maximum Gasteiger partial charge on any atom is 0.188 e. The Kier molecular flexibility index (Phi) is 4.28. The number of benzene rings is 1. The second-order valence-electron chi connectivity index (χ2n) is 3.04. The Morgan fingerprint density at radius 3 is 2.50 bits per heavy atom. The lowest BCUT2D eigenvalue weighted by atomic mass is 10.3. The van der Waals surface area contributed by atoms with Crippen molar-refractivity contribution < 1.29 is 22.3 Å². The lowest BCUT2D eigenvalue weighted by Gasteiger charge is -2.09. The molecule has 0 bridgehead atoms. The molecule has 0 aliphatic carbocycles. The summed E-state index contributed by atoms with van der Waals surface area (Å²) in [5.41, 5.74) is 0.